The second-order valence-electron chi connectivity index (χ2n) is 9.34. The Morgan fingerprint density at radius 1 is 1.19 bits per heavy atom. The number of nitrogens with zero attached hydrogens (tertiary/aromatic N) is 1. The van der Waals surface area contributed by atoms with Crippen molar-refractivity contribution in [3.8, 4) is 11.5 Å². The first-order valence-electron chi connectivity index (χ1n) is 10.9. The number of carbonyl (C=O) groups is 1. The highest BCUT2D eigenvalue weighted by Crippen LogP contribution is 2.40. The monoisotopic (exact) mass is 443 g/mol. The molecule has 0 saturated heterocycles. The number of benzene rings is 2. The maximum absolute atomic E-state index is 13.8. The Balaban J connectivity index is 1.96. The maximum Gasteiger partial charge on any atom is 0.315 e. The number of rotatable bonds is 6. The molecule has 0 fully saturated rings. The van der Waals surface area contributed by atoms with Crippen LogP contribution in [0.4, 0.5) is 9.18 Å². The van der Waals surface area contributed by atoms with Crippen molar-refractivity contribution in [2.24, 2.45) is 0 Å². The Kier molecular flexibility index (Phi) is 7.29. The highest BCUT2D eigenvalue weighted by molar-refractivity contribution is 5.75. The van der Waals surface area contributed by atoms with E-state index in [1.807, 2.05) is 45.9 Å². The fraction of sp³-hybridized carbons (Fsp3) is 0.480. The third kappa shape index (κ3) is 5.71. The number of hydrogen-bond donors (Lipinski definition) is 2. The topological polar surface area (TPSA) is 62.8 Å². The van der Waals surface area contributed by atoms with E-state index in [-0.39, 0.29) is 29.5 Å². The number of hydrogen-bond acceptors (Lipinski definition) is 4. The summed E-state index contributed by atoms with van der Waals surface area (Å²) in [6, 6.07) is 10.1. The smallest absolute Gasteiger partial charge is 0.315 e. The predicted octanol–water partition coefficient (Wildman–Crippen LogP) is 4.43. The van der Waals surface area contributed by atoms with E-state index < -0.39 is 0 Å². The molecule has 3 rings (SSSR count). The zero-order valence-corrected chi connectivity index (χ0v) is 19.8. The summed E-state index contributed by atoms with van der Waals surface area (Å²) in [7, 11) is 3.24. The van der Waals surface area contributed by atoms with Gasteiger partial charge in [0.05, 0.1) is 20.3 Å². The van der Waals surface area contributed by atoms with Crippen molar-refractivity contribution < 1.29 is 18.7 Å². The van der Waals surface area contributed by atoms with Crippen LogP contribution in [0, 0.1) is 5.82 Å². The molecule has 6 nitrogen and oxygen atoms in total. The summed E-state index contributed by atoms with van der Waals surface area (Å²) in [5.74, 6) is 1.09. The van der Waals surface area contributed by atoms with Crippen LogP contribution in [0.15, 0.2) is 36.4 Å². The van der Waals surface area contributed by atoms with E-state index in [2.05, 4.69) is 15.5 Å². The third-order valence-electron chi connectivity index (χ3n) is 5.62. The molecule has 0 spiro atoms. The lowest BCUT2D eigenvalue weighted by molar-refractivity contribution is 0.142. The molecule has 0 aromatic heterocycles. The molecule has 2 N–H and O–H groups in total. The van der Waals surface area contributed by atoms with Gasteiger partial charge in [-0.25, -0.2) is 9.18 Å². The molecule has 0 aliphatic carbocycles. The van der Waals surface area contributed by atoms with Crippen LogP contribution >= 0.6 is 0 Å². The molecule has 0 bridgehead atoms. The van der Waals surface area contributed by atoms with Crippen molar-refractivity contribution >= 4 is 6.03 Å². The Morgan fingerprint density at radius 2 is 1.88 bits per heavy atom. The van der Waals surface area contributed by atoms with Crippen LogP contribution < -0.4 is 20.1 Å². The minimum Gasteiger partial charge on any atom is -0.493 e. The van der Waals surface area contributed by atoms with E-state index in [9.17, 15) is 9.18 Å². The first-order chi connectivity index (χ1) is 15.1. The molecule has 1 aliphatic heterocycles. The van der Waals surface area contributed by atoms with Crippen molar-refractivity contribution in [3.63, 3.8) is 0 Å². The first-order valence-corrected chi connectivity index (χ1v) is 10.9. The Morgan fingerprint density at radius 3 is 2.50 bits per heavy atom. The summed E-state index contributed by atoms with van der Waals surface area (Å²) >= 11 is 0. The quantitative estimate of drug-likeness (QED) is 0.693. The number of methoxy groups -OCH3 is 2. The lowest BCUT2D eigenvalue weighted by Crippen LogP contribution is -2.53. The average molecular weight is 444 g/mol. The standard InChI is InChI=1S/C25H34FN3O3/c1-16(27-24(30)28-25(2,3)4)23-20-14-22(32-6)21(31-5)13-18(20)10-11-29(23)15-17-8-7-9-19(26)12-17/h7-9,12-14,16,23H,10-11,15H2,1-6H3,(H2,27,28,30)/t16-,23+/m1/s1. The van der Waals surface area contributed by atoms with Crippen molar-refractivity contribution in [2.75, 3.05) is 20.8 Å². The van der Waals surface area contributed by atoms with Gasteiger partial charge in [-0.05, 0) is 75.1 Å². The number of carbonyl (C=O) groups excluding carboxylic acids is 1. The largest absolute Gasteiger partial charge is 0.493 e. The molecule has 0 unspecified atom stereocenters. The normalized spacial score (nSPS) is 17.3. The molecule has 174 valence electrons. The molecule has 2 aromatic rings. The van der Waals surface area contributed by atoms with Gasteiger partial charge in [-0.2, -0.15) is 0 Å². The fourth-order valence-electron chi connectivity index (χ4n) is 4.32. The van der Waals surface area contributed by atoms with Crippen LogP contribution in [0.3, 0.4) is 0 Å². The van der Waals surface area contributed by atoms with E-state index in [1.165, 1.54) is 6.07 Å². The van der Waals surface area contributed by atoms with Crippen molar-refractivity contribution in [3.05, 3.63) is 58.9 Å². The number of fused-ring (bicyclic) bond motifs is 1. The zero-order chi connectivity index (χ0) is 23.5. The lowest BCUT2D eigenvalue weighted by Gasteiger charge is -2.41. The third-order valence-corrected chi connectivity index (χ3v) is 5.62. The summed E-state index contributed by atoms with van der Waals surface area (Å²) in [5.41, 5.74) is 2.79. The van der Waals surface area contributed by atoms with E-state index >= 15 is 0 Å². The molecule has 32 heavy (non-hydrogen) atoms. The van der Waals surface area contributed by atoms with Crippen molar-refractivity contribution in [1.29, 1.82) is 0 Å². The number of amides is 2. The summed E-state index contributed by atoms with van der Waals surface area (Å²) < 4.78 is 24.9. The Labute approximate surface area is 190 Å². The van der Waals surface area contributed by atoms with Gasteiger partial charge in [-0.15, -0.1) is 0 Å². The second kappa shape index (κ2) is 9.77. The minimum atomic E-state index is -0.341. The summed E-state index contributed by atoms with van der Waals surface area (Å²) in [5, 5.41) is 6.07. The molecule has 2 amide bonds. The van der Waals surface area contributed by atoms with Gasteiger partial charge in [0.25, 0.3) is 0 Å². The van der Waals surface area contributed by atoms with Gasteiger partial charge in [-0.3, -0.25) is 4.90 Å². The van der Waals surface area contributed by atoms with E-state index in [0.717, 1.165) is 29.7 Å². The Hall–Kier alpha value is -2.80. The van der Waals surface area contributed by atoms with Gasteiger partial charge in [-0.1, -0.05) is 12.1 Å². The van der Waals surface area contributed by atoms with Gasteiger partial charge in [0.15, 0.2) is 11.5 Å². The van der Waals surface area contributed by atoms with Crippen LogP contribution in [0.1, 0.15) is 50.4 Å². The van der Waals surface area contributed by atoms with Gasteiger partial charge in [0.1, 0.15) is 5.82 Å². The molecule has 1 aliphatic rings. The summed E-state index contributed by atoms with van der Waals surface area (Å²) in [4.78, 5) is 14.9. The number of ether oxygens (including phenoxy) is 2. The summed E-state index contributed by atoms with van der Waals surface area (Å²) in [6.45, 7) is 9.18. The number of urea groups is 1. The number of nitrogens with one attached hydrogen (secondary N) is 2. The minimum absolute atomic E-state index is 0.118. The highest BCUT2D eigenvalue weighted by Gasteiger charge is 2.34. The average Bonchev–Trinajstić information content (AvgIpc) is 2.71. The van der Waals surface area contributed by atoms with Crippen LogP contribution in [0.25, 0.3) is 0 Å². The molecule has 2 atom stereocenters. The van der Waals surface area contributed by atoms with E-state index in [4.69, 9.17) is 9.47 Å². The highest BCUT2D eigenvalue weighted by atomic mass is 19.1. The van der Waals surface area contributed by atoms with E-state index in [1.54, 1.807) is 26.4 Å². The maximum atomic E-state index is 13.8. The molecular weight excluding hydrogens is 409 g/mol. The molecule has 1 heterocycles. The fourth-order valence-corrected chi connectivity index (χ4v) is 4.32. The summed E-state index contributed by atoms with van der Waals surface area (Å²) in [6.07, 6.45) is 0.822. The Bertz CT molecular complexity index is 958. The van der Waals surface area contributed by atoms with Crippen LogP contribution in [-0.4, -0.2) is 43.3 Å². The predicted molar refractivity (Wildman–Crippen MR) is 124 cm³/mol. The van der Waals surface area contributed by atoms with Gasteiger partial charge < -0.3 is 20.1 Å². The first kappa shape index (κ1) is 23.9. The molecule has 0 radical (unpaired) electrons. The number of halogens is 1. The molecule has 0 saturated carbocycles. The molecular formula is C25H34FN3O3. The van der Waals surface area contributed by atoms with Crippen LogP contribution in [0.2, 0.25) is 0 Å². The molecule has 2 aromatic carbocycles. The lowest BCUT2D eigenvalue weighted by atomic mass is 9.87. The van der Waals surface area contributed by atoms with Crippen LogP contribution in [0.5, 0.6) is 11.5 Å². The van der Waals surface area contributed by atoms with E-state index in [0.29, 0.717) is 18.0 Å². The van der Waals surface area contributed by atoms with Crippen molar-refractivity contribution in [2.45, 2.75) is 58.3 Å². The van der Waals surface area contributed by atoms with Crippen LogP contribution in [-0.2, 0) is 13.0 Å². The van der Waals surface area contributed by atoms with Gasteiger partial charge in [0.2, 0.25) is 0 Å². The van der Waals surface area contributed by atoms with Crippen molar-refractivity contribution in [1.82, 2.24) is 15.5 Å². The molecule has 7 heteroatoms. The second-order valence-corrected chi connectivity index (χ2v) is 9.34. The SMILES string of the molecule is COc1cc2c(cc1OC)[C@H]([C@@H](C)NC(=O)NC(C)(C)C)N(Cc1cccc(F)c1)CC2. The zero-order valence-electron chi connectivity index (χ0n) is 19.8. The van der Waals surface area contributed by atoms with Gasteiger partial charge in [0, 0.05) is 24.7 Å². The van der Waals surface area contributed by atoms with Gasteiger partial charge >= 0.3 is 6.03 Å².